The Morgan fingerprint density at radius 2 is 2.00 bits per heavy atom. The SMILES string of the molecule is CC(C)N(CC(=O)O)C(=O)c1cc(C2CC2)nc2onc(CC(C)(C)C)c12. The van der Waals surface area contributed by atoms with Crippen molar-refractivity contribution in [1.82, 2.24) is 15.0 Å². The summed E-state index contributed by atoms with van der Waals surface area (Å²) in [6.45, 7) is 9.54. The van der Waals surface area contributed by atoms with Crippen molar-refractivity contribution in [3.05, 3.63) is 23.0 Å². The summed E-state index contributed by atoms with van der Waals surface area (Å²) in [5.41, 5.74) is 2.27. The highest BCUT2D eigenvalue weighted by molar-refractivity contribution is 6.07. The number of carbonyl (C=O) groups is 2. The van der Waals surface area contributed by atoms with Gasteiger partial charge in [-0.3, -0.25) is 9.59 Å². The van der Waals surface area contributed by atoms with Crippen molar-refractivity contribution >= 4 is 23.0 Å². The van der Waals surface area contributed by atoms with Crippen LogP contribution < -0.4 is 0 Å². The van der Waals surface area contributed by atoms with E-state index in [2.05, 4.69) is 30.9 Å². The summed E-state index contributed by atoms with van der Waals surface area (Å²) in [5, 5.41) is 14.0. The van der Waals surface area contributed by atoms with Gasteiger partial charge in [0, 0.05) is 17.7 Å². The zero-order valence-corrected chi connectivity index (χ0v) is 16.6. The lowest BCUT2D eigenvalue weighted by atomic mass is 9.89. The van der Waals surface area contributed by atoms with Crippen LogP contribution >= 0.6 is 0 Å². The van der Waals surface area contributed by atoms with E-state index >= 15 is 0 Å². The van der Waals surface area contributed by atoms with Crippen LogP contribution in [0.3, 0.4) is 0 Å². The first kappa shape index (κ1) is 19.3. The molecule has 0 aliphatic heterocycles. The van der Waals surface area contributed by atoms with Crippen LogP contribution in [0.4, 0.5) is 0 Å². The van der Waals surface area contributed by atoms with Gasteiger partial charge in [-0.2, -0.15) is 0 Å². The number of carboxylic acids is 1. The van der Waals surface area contributed by atoms with E-state index in [1.54, 1.807) is 0 Å². The molecule has 1 saturated carbocycles. The standard InChI is InChI=1S/C20H27N3O4/c1-11(2)23(10-16(24)25)19(26)13-8-14(12-6-7-12)21-18-17(13)15(22-27-18)9-20(3,4)5/h8,11-12H,6-7,9-10H2,1-5H3,(H,24,25). The average Bonchev–Trinajstić information content (AvgIpc) is 3.32. The number of aromatic nitrogens is 2. The zero-order chi connectivity index (χ0) is 19.9. The van der Waals surface area contributed by atoms with Crippen LogP contribution in [0.1, 0.15) is 75.1 Å². The first-order chi connectivity index (χ1) is 12.6. The summed E-state index contributed by atoms with van der Waals surface area (Å²) in [5.74, 6) is -1.02. The Balaban J connectivity index is 2.14. The van der Waals surface area contributed by atoms with Crippen molar-refractivity contribution in [2.75, 3.05) is 6.54 Å². The van der Waals surface area contributed by atoms with Crippen molar-refractivity contribution in [2.24, 2.45) is 5.41 Å². The number of nitrogens with zero attached hydrogens (tertiary/aromatic N) is 3. The number of carbonyl (C=O) groups excluding carboxylic acids is 1. The Bertz CT molecular complexity index is 875. The molecule has 27 heavy (non-hydrogen) atoms. The van der Waals surface area contributed by atoms with Crippen LogP contribution in [0.25, 0.3) is 11.1 Å². The van der Waals surface area contributed by atoms with Gasteiger partial charge in [-0.15, -0.1) is 0 Å². The van der Waals surface area contributed by atoms with E-state index in [-0.39, 0.29) is 23.9 Å². The van der Waals surface area contributed by atoms with Gasteiger partial charge in [-0.1, -0.05) is 25.9 Å². The molecule has 2 aromatic heterocycles. The van der Waals surface area contributed by atoms with E-state index in [0.717, 1.165) is 18.5 Å². The quantitative estimate of drug-likeness (QED) is 0.830. The van der Waals surface area contributed by atoms with Gasteiger partial charge in [-0.05, 0) is 44.6 Å². The van der Waals surface area contributed by atoms with Crippen molar-refractivity contribution in [1.29, 1.82) is 0 Å². The predicted octanol–water partition coefficient (Wildman–Crippen LogP) is 3.62. The number of hydrogen-bond donors (Lipinski definition) is 1. The average molecular weight is 373 g/mol. The smallest absolute Gasteiger partial charge is 0.323 e. The fourth-order valence-electron chi connectivity index (χ4n) is 3.20. The monoisotopic (exact) mass is 373 g/mol. The molecule has 1 fully saturated rings. The molecule has 1 amide bonds. The minimum atomic E-state index is -1.04. The van der Waals surface area contributed by atoms with E-state index in [9.17, 15) is 14.7 Å². The molecule has 146 valence electrons. The third-order valence-electron chi connectivity index (χ3n) is 4.65. The molecular weight excluding hydrogens is 346 g/mol. The molecule has 0 saturated heterocycles. The Morgan fingerprint density at radius 3 is 2.52 bits per heavy atom. The normalized spacial score (nSPS) is 14.7. The predicted molar refractivity (Wildman–Crippen MR) is 101 cm³/mol. The van der Waals surface area contributed by atoms with Gasteiger partial charge in [0.2, 0.25) is 0 Å². The highest BCUT2D eigenvalue weighted by Crippen LogP contribution is 2.41. The summed E-state index contributed by atoms with van der Waals surface area (Å²) in [7, 11) is 0. The maximum absolute atomic E-state index is 13.3. The van der Waals surface area contributed by atoms with Gasteiger partial charge in [0.15, 0.2) is 0 Å². The Morgan fingerprint density at radius 1 is 1.33 bits per heavy atom. The van der Waals surface area contributed by atoms with Crippen LogP contribution in [0.2, 0.25) is 0 Å². The molecule has 3 rings (SSSR count). The number of aliphatic carboxylic acids is 1. The molecule has 2 aromatic rings. The summed E-state index contributed by atoms with van der Waals surface area (Å²) < 4.78 is 5.48. The number of hydrogen-bond acceptors (Lipinski definition) is 5. The molecule has 7 nitrogen and oxygen atoms in total. The second-order valence-corrected chi connectivity index (χ2v) is 8.84. The lowest BCUT2D eigenvalue weighted by Crippen LogP contribution is -2.40. The molecule has 0 bridgehead atoms. The highest BCUT2D eigenvalue weighted by Gasteiger charge is 2.32. The van der Waals surface area contributed by atoms with Crippen LogP contribution in [-0.4, -0.2) is 44.6 Å². The topological polar surface area (TPSA) is 96.5 Å². The summed E-state index contributed by atoms with van der Waals surface area (Å²) in [6, 6.07) is 1.57. The van der Waals surface area contributed by atoms with Crippen molar-refractivity contribution in [3.8, 4) is 0 Å². The summed E-state index contributed by atoms with van der Waals surface area (Å²) >= 11 is 0. The summed E-state index contributed by atoms with van der Waals surface area (Å²) in [6.07, 6.45) is 2.71. The molecule has 1 aliphatic carbocycles. The molecular formula is C20H27N3O4. The zero-order valence-electron chi connectivity index (χ0n) is 16.6. The van der Waals surface area contributed by atoms with Crippen LogP contribution in [0.5, 0.6) is 0 Å². The first-order valence-corrected chi connectivity index (χ1v) is 9.39. The minimum absolute atomic E-state index is 0.0436. The maximum Gasteiger partial charge on any atom is 0.323 e. The van der Waals surface area contributed by atoms with E-state index < -0.39 is 5.97 Å². The Hall–Kier alpha value is -2.44. The number of pyridine rings is 1. The second kappa shape index (κ2) is 6.94. The van der Waals surface area contributed by atoms with Gasteiger partial charge in [0.25, 0.3) is 11.6 Å². The molecule has 0 aromatic carbocycles. The maximum atomic E-state index is 13.3. The third kappa shape index (κ3) is 4.28. The fraction of sp³-hybridized carbons (Fsp3) is 0.600. The van der Waals surface area contributed by atoms with E-state index in [1.807, 2.05) is 19.9 Å². The molecule has 0 atom stereocenters. The molecule has 7 heteroatoms. The molecule has 2 heterocycles. The third-order valence-corrected chi connectivity index (χ3v) is 4.65. The van der Waals surface area contributed by atoms with Crippen molar-refractivity contribution < 1.29 is 19.2 Å². The van der Waals surface area contributed by atoms with Crippen molar-refractivity contribution in [2.45, 2.75) is 65.8 Å². The lowest BCUT2D eigenvalue weighted by Gasteiger charge is -2.25. The van der Waals surface area contributed by atoms with E-state index in [0.29, 0.717) is 34.7 Å². The molecule has 0 unspecified atom stereocenters. The van der Waals surface area contributed by atoms with Crippen LogP contribution in [0, 0.1) is 5.41 Å². The lowest BCUT2D eigenvalue weighted by molar-refractivity contribution is -0.138. The van der Waals surface area contributed by atoms with Crippen LogP contribution in [0.15, 0.2) is 10.6 Å². The Kier molecular flexibility index (Phi) is 4.97. The van der Waals surface area contributed by atoms with Gasteiger partial charge in [0.1, 0.15) is 6.54 Å². The van der Waals surface area contributed by atoms with Crippen LogP contribution in [-0.2, 0) is 11.2 Å². The molecule has 0 spiro atoms. The second-order valence-electron chi connectivity index (χ2n) is 8.84. The van der Waals surface area contributed by atoms with Gasteiger partial charge in [0.05, 0.1) is 16.6 Å². The highest BCUT2D eigenvalue weighted by atomic mass is 16.5. The molecule has 1 N–H and O–H groups in total. The van der Waals surface area contributed by atoms with Gasteiger partial charge < -0.3 is 14.5 Å². The molecule has 0 radical (unpaired) electrons. The van der Waals surface area contributed by atoms with E-state index in [4.69, 9.17) is 4.52 Å². The number of carboxylic acid groups (broad SMARTS) is 1. The van der Waals surface area contributed by atoms with Crippen molar-refractivity contribution in [3.63, 3.8) is 0 Å². The number of rotatable bonds is 6. The largest absolute Gasteiger partial charge is 0.480 e. The number of fused-ring (bicyclic) bond motifs is 1. The number of amides is 1. The summed E-state index contributed by atoms with van der Waals surface area (Å²) in [4.78, 5) is 30.5. The van der Waals surface area contributed by atoms with Gasteiger partial charge >= 0.3 is 5.97 Å². The Labute approximate surface area is 158 Å². The van der Waals surface area contributed by atoms with E-state index in [1.165, 1.54) is 4.90 Å². The van der Waals surface area contributed by atoms with Gasteiger partial charge in [-0.25, -0.2) is 4.98 Å². The fourth-order valence-corrected chi connectivity index (χ4v) is 3.20. The molecule has 1 aliphatic rings. The first-order valence-electron chi connectivity index (χ1n) is 9.39. The minimum Gasteiger partial charge on any atom is -0.480 e.